The molecule has 0 saturated carbocycles. The quantitative estimate of drug-likeness (QED) is 0.915. The lowest BCUT2D eigenvalue weighted by molar-refractivity contribution is -0.140. The molecule has 1 amide bonds. The molecule has 0 unspecified atom stereocenters. The Kier molecular flexibility index (Phi) is 4.90. The van der Waals surface area contributed by atoms with Crippen molar-refractivity contribution in [2.75, 3.05) is 44.7 Å². The second-order valence-corrected chi connectivity index (χ2v) is 6.19. The number of nitrogens with two attached hydrogens (primary N) is 1. The second-order valence-electron chi connectivity index (χ2n) is 6.19. The first-order valence-electron chi connectivity index (χ1n) is 7.47. The van der Waals surface area contributed by atoms with Gasteiger partial charge in [0.05, 0.1) is 12.5 Å². The topological polar surface area (TPSA) is 58.8 Å². The average Bonchev–Trinajstić information content (AvgIpc) is 2.54. The van der Waals surface area contributed by atoms with E-state index in [1.54, 1.807) is 6.07 Å². The SMILES string of the molecule is COc1ccc(N2CCN(C(=O)C(C)(C)CN)CC2)cc1F. The van der Waals surface area contributed by atoms with Gasteiger partial charge in [0.2, 0.25) is 5.91 Å². The van der Waals surface area contributed by atoms with Crippen LogP contribution in [-0.2, 0) is 4.79 Å². The Morgan fingerprint density at radius 3 is 2.45 bits per heavy atom. The van der Waals surface area contributed by atoms with Crippen LogP contribution in [0.4, 0.5) is 10.1 Å². The number of amides is 1. The van der Waals surface area contributed by atoms with Gasteiger partial charge in [0, 0.05) is 44.5 Å². The van der Waals surface area contributed by atoms with E-state index in [2.05, 4.69) is 4.90 Å². The molecule has 0 atom stereocenters. The van der Waals surface area contributed by atoms with Gasteiger partial charge in [-0.3, -0.25) is 4.79 Å². The van der Waals surface area contributed by atoms with E-state index in [0.717, 1.165) is 5.69 Å². The van der Waals surface area contributed by atoms with Gasteiger partial charge in [-0.25, -0.2) is 4.39 Å². The Bertz CT molecular complexity index is 540. The first-order valence-corrected chi connectivity index (χ1v) is 7.47. The van der Waals surface area contributed by atoms with E-state index >= 15 is 0 Å². The number of hydrogen-bond donors (Lipinski definition) is 1. The molecule has 6 heteroatoms. The molecule has 1 aromatic rings. The van der Waals surface area contributed by atoms with E-state index in [-0.39, 0.29) is 17.5 Å². The van der Waals surface area contributed by atoms with Crippen molar-refractivity contribution < 1.29 is 13.9 Å². The molecule has 1 saturated heterocycles. The van der Waals surface area contributed by atoms with Gasteiger partial charge in [-0.1, -0.05) is 0 Å². The number of carbonyl (C=O) groups is 1. The van der Waals surface area contributed by atoms with Crippen LogP contribution in [0.3, 0.4) is 0 Å². The van der Waals surface area contributed by atoms with Crippen LogP contribution < -0.4 is 15.4 Å². The van der Waals surface area contributed by atoms with Crippen LogP contribution in [0.15, 0.2) is 18.2 Å². The number of piperazine rings is 1. The van der Waals surface area contributed by atoms with E-state index in [1.807, 2.05) is 24.8 Å². The summed E-state index contributed by atoms with van der Waals surface area (Å²) >= 11 is 0. The van der Waals surface area contributed by atoms with Gasteiger partial charge in [0.15, 0.2) is 11.6 Å². The van der Waals surface area contributed by atoms with Crippen LogP contribution in [0, 0.1) is 11.2 Å². The van der Waals surface area contributed by atoms with E-state index in [1.165, 1.54) is 13.2 Å². The molecule has 0 bridgehead atoms. The summed E-state index contributed by atoms with van der Waals surface area (Å²) < 4.78 is 18.7. The molecule has 1 fully saturated rings. The Morgan fingerprint density at radius 2 is 1.95 bits per heavy atom. The molecule has 22 heavy (non-hydrogen) atoms. The highest BCUT2D eigenvalue weighted by molar-refractivity contribution is 5.82. The summed E-state index contributed by atoms with van der Waals surface area (Å²) in [7, 11) is 1.45. The summed E-state index contributed by atoms with van der Waals surface area (Å²) in [6, 6.07) is 4.93. The highest BCUT2D eigenvalue weighted by Gasteiger charge is 2.32. The number of halogens is 1. The van der Waals surface area contributed by atoms with Crippen LogP contribution >= 0.6 is 0 Å². The van der Waals surface area contributed by atoms with Crippen LogP contribution in [0.25, 0.3) is 0 Å². The molecule has 122 valence electrons. The molecule has 1 heterocycles. The Hall–Kier alpha value is -1.82. The van der Waals surface area contributed by atoms with Crippen LogP contribution in [-0.4, -0.2) is 50.6 Å². The monoisotopic (exact) mass is 309 g/mol. The average molecular weight is 309 g/mol. The minimum Gasteiger partial charge on any atom is -0.494 e. The van der Waals surface area contributed by atoms with Gasteiger partial charge in [-0.2, -0.15) is 0 Å². The molecule has 0 aliphatic carbocycles. The molecular formula is C16H24FN3O2. The van der Waals surface area contributed by atoms with Gasteiger partial charge in [-0.15, -0.1) is 0 Å². The minimum absolute atomic E-state index is 0.0792. The Morgan fingerprint density at radius 1 is 1.32 bits per heavy atom. The lowest BCUT2D eigenvalue weighted by atomic mass is 9.91. The highest BCUT2D eigenvalue weighted by atomic mass is 19.1. The lowest BCUT2D eigenvalue weighted by Gasteiger charge is -2.39. The molecule has 1 aliphatic rings. The highest BCUT2D eigenvalue weighted by Crippen LogP contribution is 2.25. The maximum atomic E-state index is 13.8. The molecule has 2 rings (SSSR count). The first kappa shape index (κ1) is 16.5. The summed E-state index contributed by atoms with van der Waals surface area (Å²) in [4.78, 5) is 16.3. The predicted octanol–water partition coefficient (Wildman–Crippen LogP) is 1.47. The van der Waals surface area contributed by atoms with E-state index in [4.69, 9.17) is 10.5 Å². The summed E-state index contributed by atoms with van der Waals surface area (Å²) in [6.45, 7) is 6.65. The smallest absolute Gasteiger partial charge is 0.229 e. The summed E-state index contributed by atoms with van der Waals surface area (Å²) in [5.41, 5.74) is 5.94. The van der Waals surface area contributed by atoms with Crippen molar-refractivity contribution in [3.05, 3.63) is 24.0 Å². The zero-order valence-electron chi connectivity index (χ0n) is 13.4. The van der Waals surface area contributed by atoms with Crippen molar-refractivity contribution >= 4 is 11.6 Å². The maximum Gasteiger partial charge on any atom is 0.229 e. The van der Waals surface area contributed by atoms with Crippen molar-refractivity contribution in [3.8, 4) is 5.75 Å². The van der Waals surface area contributed by atoms with Gasteiger partial charge in [-0.05, 0) is 26.0 Å². The van der Waals surface area contributed by atoms with Crippen molar-refractivity contribution in [2.24, 2.45) is 11.1 Å². The number of rotatable bonds is 4. The van der Waals surface area contributed by atoms with Crippen molar-refractivity contribution in [1.29, 1.82) is 0 Å². The fourth-order valence-electron chi connectivity index (χ4n) is 2.54. The summed E-state index contributed by atoms with van der Waals surface area (Å²) in [6.07, 6.45) is 0. The Balaban J connectivity index is 2.00. The molecular weight excluding hydrogens is 285 g/mol. The third kappa shape index (κ3) is 3.32. The number of anilines is 1. The number of nitrogens with zero attached hydrogens (tertiary/aromatic N) is 2. The number of methoxy groups -OCH3 is 1. The third-order valence-corrected chi connectivity index (χ3v) is 4.16. The fourth-order valence-corrected chi connectivity index (χ4v) is 2.54. The normalized spacial score (nSPS) is 15.9. The number of benzene rings is 1. The lowest BCUT2D eigenvalue weighted by Crippen LogP contribution is -2.53. The van der Waals surface area contributed by atoms with Crippen LogP contribution in [0.5, 0.6) is 5.75 Å². The zero-order valence-corrected chi connectivity index (χ0v) is 13.4. The zero-order chi connectivity index (χ0) is 16.3. The third-order valence-electron chi connectivity index (χ3n) is 4.16. The van der Waals surface area contributed by atoms with Gasteiger partial charge in [0.25, 0.3) is 0 Å². The van der Waals surface area contributed by atoms with Crippen LogP contribution in [0.2, 0.25) is 0 Å². The van der Waals surface area contributed by atoms with E-state index in [9.17, 15) is 9.18 Å². The molecule has 5 nitrogen and oxygen atoms in total. The van der Waals surface area contributed by atoms with E-state index in [0.29, 0.717) is 32.7 Å². The molecule has 0 spiro atoms. The van der Waals surface area contributed by atoms with E-state index < -0.39 is 5.41 Å². The predicted molar refractivity (Wildman–Crippen MR) is 84.6 cm³/mol. The number of hydrogen-bond acceptors (Lipinski definition) is 4. The van der Waals surface area contributed by atoms with Crippen LogP contribution in [0.1, 0.15) is 13.8 Å². The first-order chi connectivity index (χ1) is 10.4. The molecule has 2 N–H and O–H groups in total. The summed E-state index contributed by atoms with van der Waals surface area (Å²) in [5.74, 6) is -0.0550. The van der Waals surface area contributed by atoms with Crippen molar-refractivity contribution in [2.45, 2.75) is 13.8 Å². The van der Waals surface area contributed by atoms with Crippen molar-refractivity contribution in [1.82, 2.24) is 4.90 Å². The molecule has 1 aromatic carbocycles. The minimum atomic E-state index is -0.533. The van der Waals surface area contributed by atoms with Gasteiger partial charge < -0.3 is 20.3 Å². The van der Waals surface area contributed by atoms with Crippen molar-refractivity contribution in [3.63, 3.8) is 0 Å². The molecule has 0 aromatic heterocycles. The maximum absolute atomic E-state index is 13.8. The van der Waals surface area contributed by atoms with Gasteiger partial charge >= 0.3 is 0 Å². The molecule has 0 radical (unpaired) electrons. The second kappa shape index (κ2) is 6.52. The number of carbonyl (C=O) groups excluding carboxylic acids is 1. The fraction of sp³-hybridized carbons (Fsp3) is 0.562. The largest absolute Gasteiger partial charge is 0.494 e. The number of ether oxygens (including phenoxy) is 1. The summed E-state index contributed by atoms with van der Waals surface area (Å²) in [5, 5.41) is 0. The standard InChI is InChI=1S/C16H24FN3O2/c1-16(2,11-18)15(21)20-8-6-19(7-9-20)12-4-5-14(22-3)13(17)10-12/h4-5,10H,6-9,11,18H2,1-3H3. The van der Waals surface area contributed by atoms with Gasteiger partial charge in [0.1, 0.15) is 0 Å². The Labute approximate surface area is 130 Å². The molecule has 1 aliphatic heterocycles.